The Morgan fingerprint density at radius 2 is 2.00 bits per heavy atom. The van der Waals surface area contributed by atoms with E-state index in [-0.39, 0.29) is 11.4 Å². The second-order valence-electron chi connectivity index (χ2n) is 6.68. The van der Waals surface area contributed by atoms with Crippen LogP contribution in [0, 0.1) is 0 Å². The summed E-state index contributed by atoms with van der Waals surface area (Å²) in [5.74, 6) is 0.00756. The summed E-state index contributed by atoms with van der Waals surface area (Å²) in [5.41, 5.74) is 2.81. The predicted octanol–water partition coefficient (Wildman–Crippen LogP) is 1.99. The summed E-state index contributed by atoms with van der Waals surface area (Å²) >= 11 is 0. The lowest BCUT2D eigenvalue weighted by Gasteiger charge is -2.18. The van der Waals surface area contributed by atoms with Gasteiger partial charge in [0.15, 0.2) is 0 Å². The molecule has 0 aliphatic carbocycles. The summed E-state index contributed by atoms with van der Waals surface area (Å²) in [5, 5.41) is 11.4. The van der Waals surface area contributed by atoms with Crippen molar-refractivity contribution in [1.82, 2.24) is 19.9 Å². The van der Waals surface area contributed by atoms with Crippen LogP contribution in [-0.4, -0.2) is 32.3 Å². The number of hydrogen-bond donors (Lipinski definition) is 1. The molecule has 1 N–H and O–H groups in total. The maximum atomic E-state index is 12.0. The van der Waals surface area contributed by atoms with Crippen LogP contribution >= 0.6 is 0 Å². The number of fused-ring (bicyclic) bond motifs is 1. The van der Waals surface area contributed by atoms with E-state index in [1.54, 1.807) is 0 Å². The fourth-order valence-electron chi connectivity index (χ4n) is 2.51. The Kier molecular flexibility index (Phi) is 3.70. The van der Waals surface area contributed by atoms with Gasteiger partial charge in [0.2, 0.25) is 5.91 Å². The van der Waals surface area contributed by atoms with Crippen LogP contribution in [0.15, 0.2) is 30.5 Å². The van der Waals surface area contributed by atoms with Gasteiger partial charge in [0.05, 0.1) is 24.0 Å². The Bertz CT molecular complexity index is 686. The van der Waals surface area contributed by atoms with Crippen LogP contribution in [0.5, 0.6) is 0 Å². The molecule has 0 saturated carbocycles. The number of anilines is 1. The van der Waals surface area contributed by atoms with E-state index in [9.17, 15) is 4.79 Å². The van der Waals surface area contributed by atoms with Gasteiger partial charge in [-0.2, -0.15) is 0 Å². The minimum atomic E-state index is -0.0893. The van der Waals surface area contributed by atoms with E-state index in [1.807, 2.05) is 35.1 Å². The molecular weight excluding hydrogens is 278 g/mol. The quantitative estimate of drug-likeness (QED) is 0.921. The van der Waals surface area contributed by atoms with Crippen LogP contribution in [-0.2, 0) is 23.4 Å². The number of rotatable bonds is 2. The zero-order valence-corrected chi connectivity index (χ0v) is 13.2. The molecule has 0 saturated heterocycles. The van der Waals surface area contributed by atoms with Gasteiger partial charge in [0.25, 0.3) is 0 Å². The molecule has 0 bridgehead atoms. The van der Waals surface area contributed by atoms with Crippen molar-refractivity contribution in [3.63, 3.8) is 0 Å². The number of hydrogen-bond acceptors (Lipinski definition) is 4. The number of nitrogens with one attached hydrogen (secondary N) is 1. The first-order valence-electron chi connectivity index (χ1n) is 7.43. The highest BCUT2D eigenvalue weighted by Gasteiger charge is 2.21. The minimum absolute atomic E-state index is 0.00756. The van der Waals surface area contributed by atoms with Gasteiger partial charge in [-0.1, -0.05) is 23.4 Å². The van der Waals surface area contributed by atoms with Crippen LogP contribution in [0.25, 0.3) is 0 Å². The maximum absolute atomic E-state index is 12.0. The van der Waals surface area contributed by atoms with E-state index < -0.39 is 0 Å². The van der Waals surface area contributed by atoms with Crippen molar-refractivity contribution >= 4 is 11.6 Å². The first-order valence-corrected chi connectivity index (χ1v) is 7.43. The smallest absolute Gasteiger partial charge is 0.238 e. The number of nitrogens with zero attached hydrogens (tertiary/aromatic N) is 4. The second-order valence-corrected chi connectivity index (χ2v) is 6.68. The van der Waals surface area contributed by atoms with Crippen molar-refractivity contribution in [2.45, 2.75) is 39.4 Å². The third-order valence-electron chi connectivity index (χ3n) is 3.67. The topological polar surface area (TPSA) is 63.1 Å². The predicted molar refractivity (Wildman–Crippen MR) is 84.2 cm³/mol. The Balaban J connectivity index is 1.78. The molecule has 22 heavy (non-hydrogen) atoms. The van der Waals surface area contributed by atoms with Crippen molar-refractivity contribution in [2.75, 3.05) is 11.9 Å². The highest BCUT2D eigenvalue weighted by Crippen LogP contribution is 2.21. The van der Waals surface area contributed by atoms with Gasteiger partial charge in [0, 0.05) is 18.8 Å². The van der Waals surface area contributed by atoms with E-state index in [0.29, 0.717) is 13.1 Å². The molecule has 1 aromatic carbocycles. The van der Waals surface area contributed by atoms with Crippen LogP contribution in [0.2, 0.25) is 0 Å². The lowest BCUT2D eigenvalue weighted by atomic mass is 10.1. The average molecular weight is 299 g/mol. The molecule has 6 heteroatoms. The number of para-hydroxylation sites is 1. The zero-order valence-electron chi connectivity index (χ0n) is 13.2. The first-order chi connectivity index (χ1) is 10.4. The van der Waals surface area contributed by atoms with Crippen molar-refractivity contribution in [2.24, 2.45) is 0 Å². The molecule has 3 rings (SSSR count). The lowest BCUT2D eigenvalue weighted by Crippen LogP contribution is -2.29. The molecule has 116 valence electrons. The monoisotopic (exact) mass is 299 g/mol. The van der Waals surface area contributed by atoms with Crippen LogP contribution < -0.4 is 5.32 Å². The number of carbonyl (C=O) groups is 1. The summed E-state index contributed by atoms with van der Waals surface area (Å²) in [6.07, 6.45) is 1.95. The van der Waals surface area contributed by atoms with E-state index in [1.165, 1.54) is 0 Å². The van der Waals surface area contributed by atoms with Crippen molar-refractivity contribution < 1.29 is 4.79 Å². The SMILES string of the molecule is CC(C)(C)n1cc(CN2CC(=O)Nc3ccccc3C2)nn1. The summed E-state index contributed by atoms with van der Waals surface area (Å²) < 4.78 is 1.86. The molecule has 6 nitrogen and oxygen atoms in total. The Labute approximate surface area is 130 Å². The van der Waals surface area contributed by atoms with E-state index in [2.05, 4.69) is 41.3 Å². The minimum Gasteiger partial charge on any atom is -0.325 e. The number of benzene rings is 1. The van der Waals surface area contributed by atoms with Gasteiger partial charge < -0.3 is 5.32 Å². The molecule has 0 fully saturated rings. The van der Waals surface area contributed by atoms with Gasteiger partial charge in [-0.15, -0.1) is 5.10 Å². The molecule has 0 spiro atoms. The largest absolute Gasteiger partial charge is 0.325 e. The third-order valence-corrected chi connectivity index (χ3v) is 3.67. The second kappa shape index (κ2) is 5.53. The normalized spacial score (nSPS) is 16.0. The Morgan fingerprint density at radius 1 is 1.23 bits per heavy atom. The number of aromatic nitrogens is 3. The highest BCUT2D eigenvalue weighted by atomic mass is 16.2. The molecule has 2 heterocycles. The van der Waals surface area contributed by atoms with Gasteiger partial charge in [0.1, 0.15) is 0 Å². The average Bonchev–Trinajstić information content (AvgIpc) is 2.82. The Hall–Kier alpha value is -2.21. The number of carbonyl (C=O) groups excluding carboxylic acids is 1. The fourth-order valence-corrected chi connectivity index (χ4v) is 2.51. The van der Waals surface area contributed by atoms with E-state index >= 15 is 0 Å². The van der Waals surface area contributed by atoms with Crippen molar-refractivity contribution in [1.29, 1.82) is 0 Å². The first kappa shape index (κ1) is 14.7. The summed E-state index contributed by atoms with van der Waals surface area (Å²) in [4.78, 5) is 14.1. The molecule has 1 amide bonds. The van der Waals surface area contributed by atoms with Crippen molar-refractivity contribution in [3.8, 4) is 0 Å². The third kappa shape index (κ3) is 3.17. The summed E-state index contributed by atoms with van der Waals surface area (Å²) in [6.45, 7) is 7.94. The molecule has 2 aromatic rings. The van der Waals surface area contributed by atoms with Crippen molar-refractivity contribution in [3.05, 3.63) is 41.7 Å². The molecule has 0 atom stereocenters. The number of amides is 1. The molecule has 1 aromatic heterocycles. The molecule has 0 unspecified atom stereocenters. The highest BCUT2D eigenvalue weighted by molar-refractivity contribution is 5.93. The van der Waals surface area contributed by atoms with Crippen LogP contribution in [0.3, 0.4) is 0 Å². The van der Waals surface area contributed by atoms with Gasteiger partial charge in [-0.05, 0) is 32.4 Å². The van der Waals surface area contributed by atoms with E-state index in [4.69, 9.17) is 0 Å². The van der Waals surface area contributed by atoms with Crippen LogP contribution in [0.4, 0.5) is 5.69 Å². The zero-order chi connectivity index (χ0) is 15.7. The standard InChI is InChI=1S/C16H21N5O/c1-16(2,3)21-10-13(18-19-21)9-20-8-12-6-4-5-7-14(12)17-15(22)11-20/h4-7,10H,8-9,11H2,1-3H3,(H,17,22). The Morgan fingerprint density at radius 3 is 2.73 bits per heavy atom. The lowest BCUT2D eigenvalue weighted by molar-refractivity contribution is -0.117. The van der Waals surface area contributed by atoms with Gasteiger partial charge in [-0.3, -0.25) is 9.69 Å². The molecule has 1 aliphatic heterocycles. The molecular formula is C16H21N5O. The summed E-state index contributed by atoms with van der Waals surface area (Å²) in [7, 11) is 0. The van der Waals surface area contributed by atoms with Gasteiger partial charge >= 0.3 is 0 Å². The molecule has 0 radical (unpaired) electrons. The van der Waals surface area contributed by atoms with E-state index in [0.717, 1.165) is 23.5 Å². The van der Waals surface area contributed by atoms with Gasteiger partial charge in [-0.25, -0.2) is 4.68 Å². The summed E-state index contributed by atoms with van der Waals surface area (Å²) in [6, 6.07) is 7.90. The molecule has 1 aliphatic rings. The maximum Gasteiger partial charge on any atom is 0.238 e. The van der Waals surface area contributed by atoms with Crippen LogP contribution in [0.1, 0.15) is 32.0 Å². The fraction of sp³-hybridized carbons (Fsp3) is 0.438.